The van der Waals surface area contributed by atoms with Crippen molar-refractivity contribution >= 4 is 17.6 Å². The number of likely N-dealkylation sites (N-methyl/N-ethyl adjacent to an activating group) is 1. The molecule has 56 valence electrons. The molecule has 1 atom stereocenters. The summed E-state index contributed by atoms with van der Waals surface area (Å²) in [5, 5.41) is 11.3. The smallest absolute Gasteiger partial charge is 0.354 e. The summed E-state index contributed by atoms with van der Waals surface area (Å²) in [7, 11) is 1.54. The highest BCUT2D eigenvalue weighted by molar-refractivity contribution is 6.42. The summed E-state index contributed by atoms with van der Waals surface area (Å²) >= 11 is 5.41. The van der Waals surface area contributed by atoms with Crippen molar-refractivity contribution in [3.05, 3.63) is 10.7 Å². The van der Waals surface area contributed by atoms with Crippen molar-refractivity contribution in [2.75, 3.05) is 7.05 Å². The van der Waals surface area contributed by atoms with Gasteiger partial charge >= 0.3 is 5.97 Å². The van der Waals surface area contributed by atoms with E-state index in [1.165, 1.54) is 0 Å². The van der Waals surface area contributed by atoms with E-state index < -0.39 is 12.3 Å². The normalized spacial score (nSPS) is 25.1. The van der Waals surface area contributed by atoms with Crippen molar-refractivity contribution in [3.8, 4) is 0 Å². The first-order valence-electron chi connectivity index (χ1n) is 2.63. The van der Waals surface area contributed by atoms with Crippen molar-refractivity contribution in [3.63, 3.8) is 0 Å². The van der Waals surface area contributed by atoms with Crippen LogP contribution in [0.5, 0.6) is 0 Å². The summed E-state index contributed by atoms with van der Waals surface area (Å²) in [5.41, 5.74) is 0.215. The maximum absolute atomic E-state index is 10.5. The second-order valence-corrected chi connectivity index (χ2v) is 2.11. The van der Waals surface area contributed by atoms with Gasteiger partial charge in [0.2, 0.25) is 6.29 Å². The van der Waals surface area contributed by atoms with E-state index in [-0.39, 0.29) is 10.7 Å². The number of halogens is 1. The molecule has 0 aliphatic carbocycles. The van der Waals surface area contributed by atoms with Gasteiger partial charge in [-0.1, -0.05) is 11.6 Å². The van der Waals surface area contributed by atoms with Crippen LogP contribution in [0.1, 0.15) is 0 Å². The standard InChI is InChI=1S/C5H6ClNO3/c1-7-3-2(6)4(8)10-5(3)9/h5,7,9H,1H3. The summed E-state index contributed by atoms with van der Waals surface area (Å²) in [6.45, 7) is 0. The summed E-state index contributed by atoms with van der Waals surface area (Å²) in [6.07, 6.45) is -1.23. The average Bonchev–Trinajstić information content (AvgIpc) is 2.09. The van der Waals surface area contributed by atoms with Gasteiger partial charge in [-0.25, -0.2) is 4.79 Å². The molecule has 1 aliphatic heterocycles. The summed E-state index contributed by atoms with van der Waals surface area (Å²) in [5.74, 6) is -0.696. The van der Waals surface area contributed by atoms with Crippen LogP contribution in [0, 0.1) is 0 Å². The number of ether oxygens (including phenoxy) is 1. The zero-order chi connectivity index (χ0) is 7.72. The molecule has 0 aromatic heterocycles. The Kier molecular flexibility index (Phi) is 1.82. The van der Waals surface area contributed by atoms with Gasteiger partial charge < -0.3 is 15.2 Å². The molecule has 1 rings (SSSR count). The molecule has 0 aromatic rings. The molecule has 4 nitrogen and oxygen atoms in total. The van der Waals surface area contributed by atoms with Crippen LogP contribution in [0.4, 0.5) is 0 Å². The third-order valence-electron chi connectivity index (χ3n) is 1.15. The van der Waals surface area contributed by atoms with E-state index in [1.807, 2.05) is 0 Å². The predicted molar refractivity (Wildman–Crippen MR) is 34.0 cm³/mol. The van der Waals surface area contributed by atoms with E-state index in [9.17, 15) is 4.79 Å². The molecule has 0 aromatic carbocycles. The van der Waals surface area contributed by atoms with Crippen LogP contribution >= 0.6 is 11.6 Å². The molecule has 0 fully saturated rings. The lowest BCUT2D eigenvalue weighted by molar-refractivity contribution is -0.151. The van der Waals surface area contributed by atoms with Crippen LogP contribution in [0.3, 0.4) is 0 Å². The molecular weight excluding hydrogens is 158 g/mol. The zero-order valence-electron chi connectivity index (χ0n) is 5.22. The number of aliphatic hydroxyl groups is 1. The van der Waals surface area contributed by atoms with Crippen molar-refractivity contribution in [1.82, 2.24) is 5.32 Å². The molecule has 1 heterocycles. The van der Waals surface area contributed by atoms with E-state index in [2.05, 4.69) is 10.1 Å². The Hall–Kier alpha value is -0.740. The summed E-state index contributed by atoms with van der Waals surface area (Å²) in [6, 6.07) is 0. The first-order valence-corrected chi connectivity index (χ1v) is 3.01. The number of carbonyl (C=O) groups is 1. The van der Waals surface area contributed by atoms with E-state index in [1.54, 1.807) is 7.05 Å². The lowest BCUT2D eigenvalue weighted by atomic mass is 10.4. The van der Waals surface area contributed by atoms with Crippen LogP contribution in [0.25, 0.3) is 0 Å². The van der Waals surface area contributed by atoms with Crippen molar-refractivity contribution in [1.29, 1.82) is 0 Å². The average molecular weight is 164 g/mol. The van der Waals surface area contributed by atoms with E-state index >= 15 is 0 Å². The van der Waals surface area contributed by atoms with Gasteiger partial charge in [-0.15, -0.1) is 0 Å². The molecule has 0 radical (unpaired) electrons. The van der Waals surface area contributed by atoms with Crippen molar-refractivity contribution in [2.24, 2.45) is 0 Å². The van der Waals surface area contributed by atoms with Gasteiger partial charge in [0.15, 0.2) is 5.03 Å². The van der Waals surface area contributed by atoms with Gasteiger partial charge in [-0.2, -0.15) is 0 Å². The minimum absolute atomic E-state index is 0.0880. The number of cyclic esters (lactones) is 1. The molecule has 0 bridgehead atoms. The maximum atomic E-state index is 10.5. The molecule has 2 N–H and O–H groups in total. The third kappa shape index (κ3) is 0.955. The van der Waals surface area contributed by atoms with Crippen molar-refractivity contribution < 1.29 is 14.6 Å². The number of nitrogens with one attached hydrogen (secondary N) is 1. The number of hydrogen-bond acceptors (Lipinski definition) is 4. The molecule has 0 amide bonds. The predicted octanol–water partition coefficient (Wildman–Crippen LogP) is -0.469. The van der Waals surface area contributed by atoms with Crippen LogP contribution < -0.4 is 5.32 Å². The molecule has 10 heavy (non-hydrogen) atoms. The number of aliphatic hydroxyl groups excluding tert-OH is 1. The first kappa shape index (κ1) is 7.37. The molecular formula is C5H6ClNO3. The Balaban J connectivity index is 2.90. The number of carbonyl (C=O) groups excluding carboxylic acids is 1. The Labute approximate surface area is 62.4 Å². The quantitative estimate of drug-likeness (QED) is 0.514. The monoisotopic (exact) mass is 163 g/mol. The van der Waals surface area contributed by atoms with Crippen LogP contribution in [-0.4, -0.2) is 24.4 Å². The molecule has 1 unspecified atom stereocenters. The number of rotatable bonds is 1. The third-order valence-corrected chi connectivity index (χ3v) is 1.51. The summed E-state index contributed by atoms with van der Waals surface area (Å²) < 4.78 is 4.33. The Bertz CT molecular complexity index is 201. The highest BCUT2D eigenvalue weighted by Crippen LogP contribution is 2.21. The topological polar surface area (TPSA) is 58.6 Å². The fourth-order valence-corrected chi connectivity index (χ4v) is 0.896. The Morgan fingerprint density at radius 2 is 2.40 bits per heavy atom. The number of esters is 1. The van der Waals surface area contributed by atoms with Gasteiger partial charge in [0.05, 0.1) is 0 Å². The van der Waals surface area contributed by atoms with Gasteiger partial charge in [-0.3, -0.25) is 0 Å². The minimum atomic E-state index is -1.23. The van der Waals surface area contributed by atoms with Gasteiger partial charge in [0.1, 0.15) is 5.70 Å². The lowest BCUT2D eigenvalue weighted by Gasteiger charge is -2.04. The van der Waals surface area contributed by atoms with E-state index in [0.29, 0.717) is 0 Å². The maximum Gasteiger partial charge on any atom is 0.354 e. The summed E-state index contributed by atoms with van der Waals surface area (Å²) in [4.78, 5) is 10.5. The minimum Gasteiger partial charge on any atom is -0.425 e. The Morgan fingerprint density at radius 3 is 2.60 bits per heavy atom. The fraction of sp³-hybridized carbons (Fsp3) is 0.400. The lowest BCUT2D eigenvalue weighted by Crippen LogP contribution is -2.18. The van der Waals surface area contributed by atoms with E-state index in [4.69, 9.17) is 16.7 Å². The van der Waals surface area contributed by atoms with Gasteiger partial charge in [0, 0.05) is 7.05 Å². The second-order valence-electron chi connectivity index (χ2n) is 1.74. The second kappa shape index (κ2) is 2.48. The first-order chi connectivity index (χ1) is 4.66. The SMILES string of the molecule is CNC1=C(Cl)C(=O)OC1O. The molecule has 5 heteroatoms. The largest absolute Gasteiger partial charge is 0.425 e. The van der Waals surface area contributed by atoms with E-state index in [0.717, 1.165) is 0 Å². The van der Waals surface area contributed by atoms with Gasteiger partial charge in [0.25, 0.3) is 0 Å². The van der Waals surface area contributed by atoms with Gasteiger partial charge in [-0.05, 0) is 0 Å². The molecule has 0 saturated heterocycles. The van der Waals surface area contributed by atoms with Crippen LogP contribution in [0.15, 0.2) is 10.7 Å². The van der Waals surface area contributed by atoms with Crippen molar-refractivity contribution in [2.45, 2.75) is 6.29 Å². The highest BCUT2D eigenvalue weighted by atomic mass is 35.5. The number of hydrogen-bond donors (Lipinski definition) is 2. The fourth-order valence-electron chi connectivity index (χ4n) is 0.664. The highest BCUT2D eigenvalue weighted by Gasteiger charge is 2.30. The van der Waals surface area contributed by atoms with Crippen LogP contribution in [-0.2, 0) is 9.53 Å². The molecule has 1 aliphatic rings. The zero-order valence-corrected chi connectivity index (χ0v) is 5.97. The van der Waals surface area contributed by atoms with Crippen LogP contribution in [0.2, 0.25) is 0 Å². The molecule has 0 spiro atoms. The Morgan fingerprint density at radius 1 is 1.80 bits per heavy atom. The molecule has 0 saturated carbocycles.